The van der Waals surface area contributed by atoms with Gasteiger partial charge in [-0.2, -0.15) is 0 Å². The van der Waals surface area contributed by atoms with Crippen LogP contribution in [-0.2, 0) is 9.47 Å². The molecule has 0 fully saturated rings. The lowest BCUT2D eigenvalue weighted by Crippen LogP contribution is -2.40. The Kier molecular flexibility index (Phi) is 10.8. The zero-order valence-electron chi connectivity index (χ0n) is 10.8. The van der Waals surface area contributed by atoms with Gasteiger partial charge in [-0.05, 0) is 19.3 Å². The van der Waals surface area contributed by atoms with Crippen molar-refractivity contribution in [2.75, 3.05) is 26.4 Å². The third-order valence-electron chi connectivity index (χ3n) is 2.33. The fourth-order valence-corrected chi connectivity index (χ4v) is 1.32. The van der Waals surface area contributed by atoms with Crippen molar-refractivity contribution >= 4 is 0 Å². The first-order chi connectivity index (χ1) is 8.13. The Morgan fingerprint density at radius 2 is 1.41 bits per heavy atom. The number of aliphatic hydroxyl groups is 3. The maximum absolute atomic E-state index is 9.61. The van der Waals surface area contributed by atoms with Crippen LogP contribution in [0.15, 0.2) is 0 Å². The molecule has 0 aromatic heterocycles. The van der Waals surface area contributed by atoms with Crippen LogP contribution >= 0.6 is 0 Å². The Morgan fingerprint density at radius 3 is 2.00 bits per heavy atom. The molecule has 0 rings (SSSR count). The molecule has 0 aliphatic heterocycles. The van der Waals surface area contributed by atoms with Gasteiger partial charge in [-0.1, -0.05) is 13.8 Å². The highest BCUT2D eigenvalue weighted by molar-refractivity contribution is 4.74. The first kappa shape index (κ1) is 16.8. The number of ether oxygens (including phenoxy) is 2. The van der Waals surface area contributed by atoms with E-state index in [9.17, 15) is 15.3 Å². The molecule has 0 radical (unpaired) electrons. The second-order valence-corrected chi connectivity index (χ2v) is 4.10. The SMILES string of the molecule is CCCOCCC(O)C(O)C(O)COCCC. The average Bonchev–Trinajstić information content (AvgIpc) is 2.33. The molecule has 3 unspecified atom stereocenters. The van der Waals surface area contributed by atoms with Crippen LogP contribution in [0.2, 0.25) is 0 Å². The summed E-state index contributed by atoms with van der Waals surface area (Å²) >= 11 is 0. The van der Waals surface area contributed by atoms with E-state index in [2.05, 4.69) is 0 Å². The Hall–Kier alpha value is -0.200. The molecule has 0 aliphatic carbocycles. The topological polar surface area (TPSA) is 79.2 Å². The van der Waals surface area contributed by atoms with Crippen LogP contribution in [0.25, 0.3) is 0 Å². The molecule has 0 spiro atoms. The van der Waals surface area contributed by atoms with Gasteiger partial charge in [0, 0.05) is 19.8 Å². The van der Waals surface area contributed by atoms with Crippen LogP contribution in [0.3, 0.4) is 0 Å². The zero-order chi connectivity index (χ0) is 13.1. The maximum atomic E-state index is 9.61. The molecule has 5 nitrogen and oxygen atoms in total. The number of aliphatic hydroxyl groups excluding tert-OH is 3. The van der Waals surface area contributed by atoms with Crippen molar-refractivity contribution in [1.82, 2.24) is 0 Å². The van der Waals surface area contributed by atoms with E-state index in [1.165, 1.54) is 0 Å². The second-order valence-electron chi connectivity index (χ2n) is 4.10. The summed E-state index contributed by atoms with van der Waals surface area (Å²) < 4.78 is 10.3. The smallest absolute Gasteiger partial charge is 0.108 e. The minimum Gasteiger partial charge on any atom is -0.390 e. The van der Waals surface area contributed by atoms with Crippen LogP contribution in [0.5, 0.6) is 0 Å². The summed E-state index contributed by atoms with van der Waals surface area (Å²) in [6.45, 7) is 5.57. The van der Waals surface area contributed by atoms with E-state index in [-0.39, 0.29) is 6.61 Å². The highest BCUT2D eigenvalue weighted by Crippen LogP contribution is 2.05. The van der Waals surface area contributed by atoms with Gasteiger partial charge in [0.2, 0.25) is 0 Å². The van der Waals surface area contributed by atoms with Gasteiger partial charge in [0.1, 0.15) is 12.2 Å². The second kappa shape index (κ2) is 10.9. The van der Waals surface area contributed by atoms with E-state index >= 15 is 0 Å². The van der Waals surface area contributed by atoms with Crippen molar-refractivity contribution in [3.8, 4) is 0 Å². The standard InChI is InChI=1S/C12H26O5/c1-3-6-16-8-5-10(13)12(15)11(14)9-17-7-4-2/h10-15H,3-9H2,1-2H3. The summed E-state index contributed by atoms with van der Waals surface area (Å²) in [6, 6.07) is 0. The predicted molar refractivity (Wildman–Crippen MR) is 64.9 cm³/mol. The van der Waals surface area contributed by atoms with Crippen molar-refractivity contribution in [2.45, 2.75) is 51.4 Å². The van der Waals surface area contributed by atoms with Gasteiger partial charge in [0.15, 0.2) is 0 Å². The van der Waals surface area contributed by atoms with Gasteiger partial charge in [-0.15, -0.1) is 0 Å². The van der Waals surface area contributed by atoms with Crippen LogP contribution in [-0.4, -0.2) is 60.1 Å². The molecule has 0 aromatic rings. The van der Waals surface area contributed by atoms with Crippen molar-refractivity contribution in [1.29, 1.82) is 0 Å². The first-order valence-corrected chi connectivity index (χ1v) is 6.33. The number of hydrogen-bond acceptors (Lipinski definition) is 5. The van der Waals surface area contributed by atoms with Crippen molar-refractivity contribution in [3.63, 3.8) is 0 Å². The monoisotopic (exact) mass is 250 g/mol. The lowest BCUT2D eigenvalue weighted by Gasteiger charge is -2.22. The summed E-state index contributed by atoms with van der Waals surface area (Å²) in [5, 5.41) is 28.7. The molecule has 3 N–H and O–H groups in total. The van der Waals surface area contributed by atoms with Crippen molar-refractivity contribution < 1.29 is 24.8 Å². The van der Waals surface area contributed by atoms with Crippen molar-refractivity contribution in [3.05, 3.63) is 0 Å². The molecule has 0 saturated heterocycles. The Labute approximate surface area is 103 Å². The molecule has 0 saturated carbocycles. The maximum Gasteiger partial charge on any atom is 0.108 e. The molecule has 0 aliphatic rings. The van der Waals surface area contributed by atoms with E-state index in [1.807, 2.05) is 13.8 Å². The first-order valence-electron chi connectivity index (χ1n) is 6.33. The Bertz CT molecular complexity index is 165. The summed E-state index contributed by atoms with van der Waals surface area (Å²) in [5.74, 6) is 0. The third kappa shape index (κ3) is 8.51. The Balaban J connectivity index is 3.66. The van der Waals surface area contributed by atoms with E-state index in [0.717, 1.165) is 12.8 Å². The molecule has 0 amide bonds. The quantitative estimate of drug-likeness (QED) is 0.460. The van der Waals surface area contributed by atoms with Crippen LogP contribution in [0.1, 0.15) is 33.1 Å². The number of rotatable bonds is 11. The van der Waals surface area contributed by atoms with Crippen LogP contribution in [0, 0.1) is 0 Å². The highest BCUT2D eigenvalue weighted by Gasteiger charge is 2.24. The fraction of sp³-hybridized carbons (Fsp3) is 1.00. The molecule has 17 heavy (non-hydrogen) atoms. The van der Waals surface area contributed by atoms with Gasteiger partial charge >= 0.3 is 0 Å². The van der Waals surface area contributed by atoms with Crippen LogP contribution < -0.4 is 0 Å². The lowest BCUT2D eigenvalue weighted by atomic mass is 10.1. The number of hydrogen-bond donors (Lipinski definition) is 3. The van der Waals surface area contributed by atoms with E-state index in [0.29, 0.717) is 26.2 Å². The zero-order valence-corrected chi connectivity index (χ0v) is 10.8. The summed E-state index contributed by atoms with van der Waals surface area (Å²) in [4.78, 5) is 0. The van der Waals surface area contributed by atoms with Gasteiger partial charge in [0.25, 0.3) is 0 Å². The molecule has 0 bridgehead atoms. The van der Waals surface area contributed by atoms with Crippen molar-refractivity contribution in [2.24, 2.45) is 0 Å². The highest BCUT2D eigenvalue weighted by atomic mass is 16.5. The summed E-state index contributed by atoms with van der Waals surface area (Å²) in [5.41, 5.74) is 0. The minimum absolute atomic E-state index is 0.0435. The fourth-order valence-electron chi connectivity index (χ4n) is 1.32. The van der Waals surface area contributed by atoms with Crippen LogP contribution in [0.4, 0.5) is 0 Å². The van der Waals surface area contributed by atoms with Gasteiger partial charge < -0.3 is 24.8 Å². The molecular formula is C12H26O5. The molecule has 104 valence electrons. The summed E-state index contributed by atoms with van der Waals surface area (Å²) in [6.07, 6.45) is -1.12. The molecule has 3 atom stereocenters. The van der Waals surface area contributed by atoms with E-state index < -0.39 is 18.3 Å². The van der Waals surface area contributed by atoms with E-state index in [4.69, 9.17) is 9.47 Å². The summed E-state index contributed by atoms with van der Waals surface area (Å²) in [7, 11) is 0. The van der Waals surface area contributed by atoms with Gasteiger partial charge in [0.05, 0.1) is 12.7 Å². The largest absolute Gasteiger partial charge is 0.390 e. The van der Waals surface area contributed by atoms with E-state index in [1.54, 1.807) is 0 Å². The minimum atomic E-state index is -1.18. The predicted octanol–water partition coefficient (Wildman–Crippen LogP) is 0.312. The third-order valence-corrected chi connectivity index (χ3v) is 2.33. The van der Waals surface area contributed by atoms with Gasteiger partial charge in [-0.3, -0.25) is 0 Å². The molecule has 0 heterocycles. The molecule has 5 heteroatoms. The van der Waals surface area contributed by atoms with Gasteiger partial charge in [-0.25, -0.2) is 0 Å². The lowest BCUT2D eigenvalue weighted by molar-refractivity contribution is -0.0940. The normalized spacial score (nSPS) is 16.8. The Morgan fingerprint density at radius 1 is 0.824 bits per heavy atom. The molecular weight excluding hydrogens is 224 g/mol. The average molecular weight is 250 g/mol. The molecule has 0 aromatic carbocycles.